The third kappa shape index (κ3) is 6.83. The van der Waals surface area contributed by atoms with Crippen LogP contribution in [0.2, 0.25) is 0 Å². The zero-order valence-corrected chi connectivity index (χ0v) is 10.6. The van der Waals surface area contributed by atoms with E-state index in [-0.39, 0.29) is 25.0 Å². The summed E-state index contributed by atoms with van der Waals surface area (Å²) in [7, 11) is 0. The molecule has 0 saturated heterocycles. The van der Waals surface area contributed by atoms with Gasteiger partial charge in [0.25, 0.3) is 0 Å². The Kier molecular flexibility index (Phi) is 5.91. The molecular weight excluding hydrogens is 247 g/mol. The lowest BCUT2D eigenvalue weighted by Crippen LogP contribution is -2.37. The van der Waals surface area contributed by atoms with Crippen LogP contribution in [0.25, 0.3) is 0 Å². The summed E-state index contributed by atoms with van der Waals surface area (Å²) in [5.74, 6) is 0.477. The normalized spacial score (nSPS) is 24.9. The van der Waals surface area contributed by atoms with Gasteiger partial charge in [-0.25, -0.2) is 0 Å². The molecule has 3 nitrogen and oxygen atoms in total. The Morgan fingerprint density at radius 3 is 2.44 bits per heavy atom. The van der Waals surface area contributed by atoms with Crippen molar-refractivity contribution in [2.75, 3.05) is 13.2 Å². The van der Waals surface area contributed by atoms with Crippen LogP contribution in [0.1, 0.15) is 39.0 Å². The molecule has 0 unspecified atom stereocenters. The Morgan fingerprint density at radius 2 is 1.89 bits per heavy atom. The van der Waals surface area contributed by atoms with E-state index < -0.39 is 12.8 Å². The minimum absolute atomic E-state index is 0.0118. The lowest BCUT2D eigenvalue weighted by Gasteiger charge is -2.26. The van der Waals surface area contributed by atoms with Gasteiger partial charge in [-0.05, 0) is 31.6 Å². The lowest BCUT2D eigenvalue weighted by atomic mass is 9.87. The van der Waals surface area contributed by atoms with Gasteiger partial charge in [-0.15, -0.1) is 0 Å². The van der Waals surface area contributed by atoms with E-state index in [4.69, 9.17) is 0 Å². The second-order valence-corrected chi connectivity index (χ2v) is 4.94. The summed E-state index contributed by atoms with van der Waals surface area (Å²) in [5.41, 5.74) is 0. The van der Waals surface area contributed by atoms with Gasteiger partial charge in [-0.2, -0.15) is 13.2 Å². The maximum absolute atomic E-state index is 11.8. The van der Waals surface area contributed by atoms with Crippen LogP contribution in [0.4, 0.5) is 13.2 Å². The second-order valence-electron chi connectivity index (χ2n) is 4.94. The summed E-state index contributed by atoms with van der Waals surface area (Å²) in [6.07, 6.45) is -0.240. The predicted octanol–water partition coefficient (Wildman–Crippen LogP) is 2.65. The summed E-state index contributed by atoms with van der Waals surface area (Å²) in [6, 6.07) is 0.177. The third-order valence-corrected chi connectivity index (χ3v) is 3.12. The fraction of sp³-hybridized carbons (Fsp3) is 0.917. The van der Waals surface area contributed by atoms with E-state index in [9.17, 15) is 18.0 Å². The van der Waals surface area contributed by atoms with Gasteiger partial charge in [0.1, 0.15) is 6.61 Å². The van der Waals surface area contributed by atoms with Crippen LogP contribution in [0.15, 0.2) is 0 Å². The molecule has 6 heteroatoms. The minimum atomic E-state index is -4.32. The second kappa shape index (κ2) is 6.97. The van der Waals surface area contributed by atoms with E-state index in [1.807, 2.05) is 0 Å². The molecule has 0 radical (unpaired) electrons. The number of rotatable bonds is 5. The van der Waals surface area contributed by atoms with Crippen LogP contribution in [-0.4, -0.2) is 31.3 Å². The molecule has 18 heavy (non-hydrogen) atoms. The average Bonchev–Trinajstić information content (AvgIpc) is 2.26. The van der Waals surface area contributed by atoms with E-state index in [1.165, 1.54) is 0 Å². The molecule has 1 amide bonds. The number of amides is 1. The molecular formula is C12H20F3NO2. The quantitative estimate of drug-likeness (QED) is 0.778. The molecule has 1 saturated carbocycles. The van der Waals surface area contributed by atoms with Crippen molar-refractivity contribution < 1.29 is 22.7 Å². The van der Waals surface area contributed by atoms with Gasteiger partial charge in [0.05, 0.1) is 6.61 Å². The van der Waals surface area contributed by atoms with Crippen molar-refractivity contribution in [1.29, 1.82) is 0 Å². The standard InChI is InChI=1S/C12H20F3NO2/c1-9-2-4-10(5-3-9)16-11(17)6-7-18-8-12(13,14)15/h9-10H,2-8H2,1H3,(H,16,17). The monoisotopic (exact) mass is 267 g/mol. The van der Waals surface area contributed by atoms with Gasteiger partial charge in [0.15, 0.2) is 0 Å². The fourth-order valence-electron chi connectivity index (χ4n) is 2.06. The number of halogens is 3. The Labute approximate surface area is 105 Å². The number of hydrogen-bond donors (Lipinski definition) is 1. The largest absolute Gasteiger partial charge is 0.411 e. The first-order valence-electron chi connectivity index (χ1n) is 6.30. The number of ether oxygens (including phenoxy) is 1. The molecule has 1 aliphatic carbocycles. The van der Waals surface area contributed by atoms with Crippen molar-refractivity contribution in [2.45, 2.75) is 51.2 Å². The maximum atomic E-state index is 11.8. The highest BCUT2D eigenvalue weighted by Crippen LogP contribution is 2.23. The molecule has 106 valence electrons. The molecule has 0 aromatic rings. The molecule has 1 aliphatic rings. The lowest BCUT2D eigenvalue weighted by molar-refractivity contribution is -0.174. The molecule has 0 atom stereocenters. The van der Waals surface area contributed by atoms with Crippen LogP contribution in [0.5, 0.6) is 0 Å². The van der Waals surface area contributed by atoms with Gasteiger partial charge in [0, 0.05) is 12.5 Å². The Balaban J connectivity index is 2.07. The highest BCUT2D eigenvalue weighted by atomic mass is 19.4. The van der Waals surface area contributed by atoms with E-state index in [2.05, 4.69) is 17.0 Å². The van der Waals surface area contributed by atoms with Gasteiger partial charge < -0.3 is 10.1 Å². The van der Waals surface area contributed by atoms with Crippen LogP contribution >= 0.6 is 0 Å². The molecule has 0 heterocycles. The highest BCUT2D eigenvalue weighted by Gasteiger charge is 2.27. The predicted molar refractivity (Wildman–Crippen MR) is 61.1 cm³/mol. The summed E-state index contributed by atoms with van der Waals surface area (Å²) >= 11 is 0. The van der Waals surface area contributed by atoms with Gasteiger partial charge >= 0.3 is 6.18 Å². The summed E-state index contributed by atoms with van der Waals surface area (Å²) < 4.78 is 39.7. The molecule has 0 spiro atoms. The van der Waals surface area contributed by atoms with Gasteiger partial charge in [-0.1, -0.05) is 6.92 Å². The van der Waals surface area contributed by atoms with Crippen molar-refractivity contribution in [3.8, 4) is 0 Å². The zero-order valence-electron chi connectivity index (χ0n) is 10.6. The number of carbonyl (C=O) groups excluding carboxylic acids is 1. The fourth-order valence-corrected chi connectivity index (χ4v) is 2.06. The zero-order chi connectivity index (χ0) is 13.6. The van der Waals surface area contributed by atoms with Gasteiger partial charge in [-0.3, -0.25) is 4.79 Å². The molecule has 1 rings (SSSR count). The number of carbonyl (C=O) groups is 1. The SMILES string of the molecule is CC1CCC(NC(=O)CCOCC(F)(F)F)CC1. The first-order valence-corrected chi connectivity index (χ1v) is 6.30. The van der Waals surface area contributed by atoms with Crippen LogP contribution in [0, 0.1) is 5.92 Å². The van der Waals surface area contributed by atoms with Crippen LogP contribution < -0.4 is 5.32 Å². The van der Waals surface area contributed by atoms with Crippen molar-refractivity contribution >= 4 is 5.91 Å². The van der Waals surface area contributed by atoms with Crippen LogP contribution in [0.3, 0.4) is 0 Å². The Bertz CT molecular complexity index is 261. The molecule has 0 bridgehead atoms. The maximum Gasteiger partial charge on any atom is 0.411 e. The van der Waals surface area contributed by atoms with E-state index in [1.54, 1.807) is 0 Å². The smallest absolute Gasteiger partial charge is 0.372 e. The van der Waals surface area contributed by atoms with Crippen LogP contribution in [-0.2, 0) is 9.53 Å². The Morgan fingerprint density at radius 1 is 1.28 bits per heavy atom. The van der Waals surface area contributed by atoms with Crippen molar-refractivity contribution in [3.63, 3.8) is 0 Å². The van der Waals surface area contributed by atoms with Crippen molar-refractivity contribution in [1.82, 2.24) is 5.32 Å². The minimum Gasteiger partial charge on any atom is -0.372 e. The molecule has 0 aromatic carbocycles. The number of hydrogen-bond acceptors (Lipinski definition) is 2. The highest BCUT2D eigenvalue weighted by molar-refractivity contribution is 5.76. The first kappa shape index (κ1) is 15.3. The van der Waals surface area contributed by atoms with E-state index in [0.717, 1.165) is 25.7 Å². The summed E-state index contributed by atoms with van der Waals surface area (Å²) in [6.45, 7) is 0.707. The van der Waals surface area contributed by atoms with Crippen molar-refractivity contribution in [3.05, 3.63) is 0 Å². The third-order valence-electron chi connectivity index (χ3n) is 3.12. The average molecular weight is 267 g/mol. The molecule has 0 aromatic heterocycles. The summed E-state index contributed by atoms with van der Waals surface area (Å²) in [4.78, 5) is 11.4. The van der Waals surface area contributed by atoms with E-state index >= 15 is 0 Å². The van der Waals surface area contributed by atoms with Gasteiger partial charge in [0.2, 0.25) is 5.91 Å². The van der Waals surface area contributed by atoms with Crippen molar-refractivity contribution in [2.24, 2.45) is 5.92 Å². The van der Waals surface area contributed by atoms with E-state index in [0.29, 0.717) is 5.92 Å². The molecule has 1 fully saturated rings. The summed E-state index contributed by atoms with van der Waals surface area (Å²) in [5, 5.41) is 2.84. The number of alkyl halides is 3. The molecule has 1 N–H and O–H groups in total. The molecule has 0 aliphatic heterocycles. The first-order chi connectivity index (χ1) is 8.37. The number of nitrogens with one attached hydrogen (secondary N) is 1. The topological polar surface area (TPSA) is 38.3 Å². The Hall–Kier alpha value is -0.780.